The molecule has 0 aliphatic rings. The first kappa shape index (κ1) is 14.6. The number of thiophene rings is 1. The average molecular weight is 340 g/mol. The molecule has 1 N–H and O–H groups in total. The second-order valence-corrected chi connectivity index (χ2v) is 6.15. The van der Waals surface area contributed by atoms with E-state index in [9.17, 15) is 0 Å². The molecule has 102 valence electrons. The lowest BCUT2D eigenvalue weighted by atomic mass is 10.2. The largest absolute Gasteiger partial charge is 0.494 e. The van der Waals surface area contributed by atoms with Crippen molar-refractivity contribution in [1.82, 2.24) is 5.32 Å². The maximum atomic E-state index is 5.63. The van der Waals surface area contributed by atoms with Crippen molar-refractivity contribution >= 4 is 27.3 Å². The fourth-order valence-corrected chi connectivity index (χ4v) is 3.20. The van der Waals surface area contributed by atoms with Gasteiger partial charge in [0.25, 0.3) is 0 Å². The van der Waals surface area contributed by atoms with Gasteiger partial charge in [-0.3, -0.25) is 0 Å². The van der Waals surface area contributed by atoms with Crippen LogP contribution in [0.3, 0.4) is 0 Å². The van der Waals surface area contributed by atoms with E-state index in [-0.39, 0.29) is 0 Å². The van der Waals surface area contributed by atoms with Crippen LogP contribution in [-0.2, 0) is 13.1 Å². The zero-order valence-corrected chi connectivity index (χ0v) is 13.4. The molecule has 0 aliphatic carbocycles. The highest BCUT2D eigenvalue weighted by atomic mass is 79.9. The summed E-state index contributed by atoms with van der Waals surface area (Å²) in [6.45, 7) is 4.63. The zero-order chi connectivity index (χ0) is 13.5. The summed E-state index contributed by atoms with van der Waals surface area (Å²) in [4.78, 5) is 1.33. The summed E-state index contributed by atoms with van der Waals surface area (Å²) >= 11 is 5.31. The van der Waals surface area contributed by atoms with E-state index in [1.165, 1.54) is 14.9 Å². The second-order valence-electron chi connectivity index (χ2n) is 4.29. The molecule has 1 aromatic carbocycles. The van der Waals surface area contributed by atoms with Crippen molar-refractivity contribution in [3.63, 3.8) is 0 Å². The standard InChI is InChI=1S/C15H18BrNOS/c1-2-7-18-13-5-3-4-12(9-13)10-17-11-15-14(16)6-8-19-15/h3-6,8-9,17H,2,7,10-11H2,1H3. The van der Waals surface area contributed by atoms with E-state index in [0.29, 0.717) is 0 Å². The molecule has 0 bridgehead atoms. The Kier molecular flexibility index (Phi) is 5.89. The molecule has 0 spiro atoms. The zero-order valence-electron chi connectivity index (χ0n) is 11.0. The van der Waals surface area contributed by atoms with Gasteiger partial charge in [0.1, 0.15) is 5.75 Å². The number of rotatable bonds is 7. The topological polar surface area (TPSA) is 21.3 Å². The molecule has 4 heteroatoms. The molecular weight excluding hydrogens is 322 g/mol. The van der Waals surface area contributed by atoms with Crippen LogP contribution in [0.1, 0.15) is 23.8 Å². The van der Waals surface area contributed by atoms with Crippen molar-refractivity contribution in [2.45, 2.75) is 26.4 Å². The van der Waals surface area contributed by atoms with Crippen molar-refractivity contribution in [2.24, 2.45) is 0 Å². The Morgan fingerprint density at radius 3 is 2.89 bits per heavy atom. The summed E-state index contributed by atoms with van der Waals surface area (Å²) in [6.07, 6.45) is 1.04. The maximum absolute atomic E-state index is 5.63. The molecule has 19 heavy (non-hydrogen) atoms. The number of benzene rings is 1. The average Bonchev–Trinajstić information content (AvgIpc) is 2.83. The van der Waals surface area contributed by atoms with Crippen molar-refractivity contribution in [3.05, 3.63) is 50.6 Å². The molecule has 0 radical (unpaired) electrons. The van der Waals surface area contributed by atoms with E-state index in [1.54, 1.807) is 11.3 Å². The molecule has 2 aromatic rings. The molecule has 2 rings (SSSR count). The van der Waals surface area contributed by atoms with Crippen molar-refractivity contribution in [1.29, 1.82) is 0 Å². The Morgan fingerprint density at radius 2 is 2.16 bits per heavy atom. The summed E-state index contributed by atoms with van der Waals surface area (Å²) in [5, 5.41) is 5.55. The van der Waals surface area contributed by atoms with Crippen LogP contribution in [0.5, 0.6) is 5.75 Å². The number of halogens is 1. The van der Waals surface area contributed by atoms with Gasteiger partial charge in [-0.2, -0.15) is 0 Å². The Labute approximate surface area is 126 Å². The highest BCUT2D eigenvalue weighted by molar-refractivity contribution is 9.10. The van der Waals surface area contributed by atoms with Gasteiger partial charge >= 0.3 is 0 Å². The van der Waals surface area contributed by atoms with Crippen molar-refractivity contribution < 1.29 is 4.74 Å². The smallest absolute Gasteiger partial charge is 0.119 e. The van der Waals surface area contributed by atoms with Gasteiger partial charge < -0.3 is 10.1 Å². The molecule has 0 saturated carbocycles. The molecule has 0 atom stereocenters. The van der Waals surface area contributed by atoms with E-state index in [2.05, 4.69) is 51.7 Å². The van der Waals surface area contributed by atoms with Crippen LogP contribution < -0.4 is 10.1 Å². The number of ether oxygens (including phenoxy) is 1. The third kappa shape index (κ3) is 4.64. The maximum Gasteiger partial charge on any atom is 0.119 e. The minimum Gasteiger partial charge on any atom is -0.494 e. The molecule has 1 heterocycles. The summed E-state index contributed by atoms with van der Waals surface area (Å²) < 4.78 is 6.82. The van der Waals surface area contributed by atoms with Gasteiger partial charge in [-0.25, -0.2) is 0 Å². The van der Waals surface area contributed by atoms with Crippen LogP contribution in [0.2, 0.25) is 0 Å². The van der Waals surface area contributed by atoms with E-state index < -0.39 is 0 Å². The fraction of sp³-hybridized carbons (Fsp3) is 0.333. The van der Waals surface area contributed by atoms with Crippen molar-refractivity contribution in [3.8, 4) is 5.75 Å². The second kappa shape index (κ2) is 7.68. The van der Waals surface area contributed by atoms with Gasteiger partial charge in [-0.1, -0.05) is 19.1 Å². The third-order valence-electron chi connectivity index (χ3n) is 2.68. The molecule has 0 saturated heterocycles. The Bertz CT molecular complexity index is 512. The van der Waals surface area contributed by atoms with Gasteiger partial charge in [-0.15, -0.1) is 11.3 Å². The monoisotopic (exact) mass is 339 g/mol. The van der Waals surface area contributed by atoms with E-state index in [1.807, 2.05) is 12.1 Å². The summed E-state index contributed by atoms with van der Waals surface area (Å²) in [6, 6.07) is 10.4. The van der Waals surface area contributed by atoms with E-state index in [0.717, 1.165) is 31.9 Å². The molecular formula is C15H18BrNOS. The SMILES string of the molecule is CCCOc1cccc(CNCc2sccc2Br)c1. The number of hydrogen-bond acceptors (Lipinski definition) is 3. The van der Waals surface area contributed by atoms with Crippen molar-refractivity contribution in [2.75, 3.05) is 6.61 Å². The minimum absolute atomic E-state index is 0.777. The molecule has 0 unspecified atom stereocenters. The predicted molar refractivity (Wildman–Crippen MR) is 84.8 cm³/mol. The van der Waals surface area contributed by atoms with Crippen LogP contribution in [0.4, 0.5) is 0 Å². The number of hydrogen-bond donors (Lipinski definition) is 1. The summed E-state index contributed by atoms with van der Waals surface area (Å²) in [5.41, 5.74) is 1.25. The predicted octanol–water partition coefficient (Wildman–Crippen LogP) is 4.59. The van der Waals surface area contributed by atoms with Gasteiger partial charge in [0, 0.05) is 22.4 Å². The highest BCUT2D eigenvalue weighted by Gasteiger charge is 2.01. The fourth-order valence-electron chi connectivity index (χ4n) is 1.74. The van der Waals surface area contributed by atoms with Gasteiger partial charge in [0.15, 0.2) is 0 Å². The van der Waals surface area contributed by atoms with Gasteiger partial charge in [0.05, 0.1) is 6.61 Å². The first-order valence-electron chi connectivity index (χ1n) is 6.44. The Balaban J connectivity index is 1.84. The van der Waals surface area contributed by atoms with Crippen LogP contribution in [0.25, 0.3) is 0 Å². The molecule has 2 nitrogen and oxygen atoms in total. The first-order valence-corrected chi connectivity index (χ1v) is 8.11. The van der Waals surface area contributed by atoms with Crippen LogP contribution in [0, 0.1) is 0 Å². The van der Waals surface area contributed by atoms with Gasteiger partial charge in [-0.05, 0) is 51.5 Å². The van der Waals surface area contributed by atoms with Crippen LogP contribution >= 0.6 is 27.3 Å². The van der Waals surface area contributed by atoms with E-state index >= 15 is 0 Å². The molecule has 0 aliphatic heterocycles. The highest BCUT2D eigenvalue weighted by Crippen LogP contribution is 2.22. The van der Waals surface area contributed by atoms with Crippen LogP contribution in [-0.4, -0.2) is 6.61 Å². The lowest BCUT2D eigenvalue weighted by Crippen LogP contribution is -2.12. The normalized spacial score (nSPS) is 10.6. The summed E-state index contributed by atoms with van der Waals surface area (Å²) in [7, 11) is 0. The van der Waals surface area contributed by atoms with Crippen LogP contribution in [0.15, 0.2) is 40.2 Å². The Morgan fingerprint density at radius 1 is 1.26 bits per heavy atom. The lowest BCUT2D eigenvalue weighted by Gasteiger charge is -2.08. The first-order chi connectivity index (χ1) is 9.29. The summed E-state index contributed by atoms with van der Waals surface area (Å²) in [5.74, 6) is 0.957. The third-order valence-corrected chi connectivity index (χ3v) is 4.60. The lowest BCUT2D eigenvalue weighted by molar-refractivity contribution is 0.317. The quantitative estimate of drug-likeness (QED) is 0.796. The number of nitrogens with one attached hydrogen (secondary N) is 1. The molecule has 0 amide bonds. The minimum atomic E-state index is 0.777. The van der Waals surface area contributed by atoms with E-state index in [4.69, 9.17) is 4.74 Å². The molecule has 1 aromatic heterocycles. The molecule has 0 fully saturated rings. The van der Waals surface area contributed by atoms with Gasteiger partial charge in [0.2, 0.25) is 0 Å². The Hall–Kier alpha value is -0.840.